The number of ether oxygens (including phenoxy) is 1. The number of nitrogens with one attached hydrogen (secondary N) is 1. The zero-order valence-corrected chi connectivity index (χ0v) is 25.8. The molecule has 2 amide bonds. The molecule has 218 valence electrons. The van der Waals surface area contributed by atoms with Crippen molar-refractivity contribution < 1.29 is 27.5 Å². The van der Waals surface area contributed by atoms with Crippen LogP contribution >= 0.6 is 23.2 Å². The van der Waals surface area contributed by atoms with Gasteiger partial charge in [-0.3, -0.25) is 14.5 Å². The van der Waals surface area contributed by atoms with E-state index >= 15 is 4.39 Å². The molecule has 14 heteroatoms. The van der Waals surface area contributed by atoms with Crippen LogP contribution in [0.5, 0.6) is 5.75 Å². The number of fused-ring (bicyclic) bond motifs is 1. The summed E-state index contributed by atoms with van der Waals surface area (Å²) in [6.07, 6.45) is 2.50. The molecule has 0 spiro atoms. The number of hydrogen-bond donors (Lipinski definition) is 1. The molecule has 0 saturated carbocycles. The summed E-state index contributed by atoms with van der Waals surface area (Å²) in [5.41, 5.74) is -0.524. The zero-order valence-electron chi connectivity index (χ0n) is 23.3. The molecule has 0 radical (unpaired) electrons. The summed E-state index contributed by atoms with van der Waals surface area (Å²) in [7, 11) is -0.831. The second-order valence-electron chi connectivity index (χ2n) is 11.0. The monoisotopic (exact) mass is 623 g/mol. The first-order valence-corrected chi connectivity index (χ1v) is 16.3. The molecule has 2 aromatic heterocycles. The van der Waals surface area contributed by atoms with Gasteiger partial charge in [-0.05, 0) is 30.3 Å². The van der Waals surface area contributed by atoms with Crippen molar-refractivity contribution in [1.29, 1.82) is 0 Å². The molecule has 3 aromatic rings. The van der Waals surface area contributed by atoms with Crippen molar-refractivity contribution in [2.24, 2.45) is 0 Å². The number of carbonyl (C=O) groups excluding carboxylic acids is 2. The van der Waals surface area contributed by atoms with Gasteiger partial charge in [0.1, 0.15) is 24.3 Å². The number of benzene rings is 1. The number of halogens is 4. The summed E-state index contributed by atoms with van der Waals surface area (Å²) in [6, 6.07) is 2.67. The summed E-state index contributed by atoms with van der Waals surface area (Å²) >= 11 is 12.3. The molecule has 0 bridgehead atoms. The second kappa shape index (κ2) is 11.6. The number of pyridine rings is 1. The lowest BCUT2D eigenvalue weighted by Crippen LogP contribution is -2.49. The maximum Gasteiger partial charge on any atom is 0.289 e. The van der Waals surface area contributed by atoms with Gasteiger partial charge in [0.2, 0.25) is 5.82 Å². The summed E-state index contributed by atoms with van der Waals surface area (Å²) in [5, 5.41) is 2.63. The molecule has 1 aliphatic heterocycles. The predicted octanol–water partition coefficient (Wildman–Crippen LogP) is 5.80. The first-order valence-electron chi connectivity index (χ1n) is 12.6. The van der Waals surface area contributed by atoms with Crippen molar-refractivity contribution in [1.82, 2.24) is 20.3 Å². The van der Waals surface area contributed by atoms with E-state index in [0.29, 0.717) is 5.02 Å². The van der Waals surface area contributed by atoms with Gasteiger partial charge in [0, 0.05) is 30.4 Å². The highest BCUT2D eigenvalue weighted by molar-refractivity contribution is 6.74. The van der Waals surface area contributed by atoms with Gasteiger partial charge >= 0.3 is 0 Å². The van der Waals surface area contributed by atoms with Crippen molar-refractivity contribution in [3.8, 4) is 17.0 Å². The lowest BCUT2D eigenvalue weighted by Gasteiger charge is -2.36. The first-order chi connectivity index (χ1) is 19.1. The molecule has 41 heavy (non-hydrogen) atoms. The Bertz CT molecular complexity index is 1520. The molecule has 0 unspecified atom stereocenters. The van der Waals surface area contributed by atoms with Crippen molar-refractivity contribution in [2.75, 3.05) is 18.6 Å². The molecule has 4 rings (SSSR count). The lowest BCUT2D eigenvalue weighted by atomic mass is 10.1. The predicted molar refractivity (Wildman–Crippen MR) is 154 cm³/mol. The molecule has 1 atom stereocenters. The summed E-state index contributed by atoms with van der Waals surface area (Å²) in [6.45, 7) is 9.53. The van der Waals surface area contributed by atoms with E-state index in [0.717, 1.165) is 12.3 Å². The molecule has 1 N–H and O–H groups in total. The van der Waals surface area contributed by atoms with E-state index in [2.05, 4.69) is 20.3 Å². The molecular weight excluding hydrogens is 595 g/mol. The van der Waals surface area contributed by atoms with Crippen molar-refractivity contribution in [3.63, 3.8) is 0 Å². The Balaban J connectivity index is 1.59. The molecule has 0 aliphatic carbocycles. The van der Waals surface area contributed by atoms with E-state index in [-0.39, 0.29) is 57.5 Å². The van der Waals surface area contributed by atoms with Gasteiger partial charge < -0.3 is 14.5 Å². The first kappa shape index (κ1) is 30.8. The fraction of sp³-hybridized carbons (Fsp3) is 0.370. The molecule has 0 fully saturated rings. The standard InChI is InChI=1S/C27H29Cl2F2N5O4Si/c1-27(2,3)41(5,6)40-12-16-18(30)8-7-15(21(16)31)22-17(29)11-32-23(35-22)25(37)34-19-13-39-20-9-14(28)10-33-24(20)36(4)26(19)38/h7-11,19H,12-13H2,1-6H3,(H,34,37)/t19-/m0/s1. The quantitative estimate of drug-likeness (QED) is 0.346. The minimum absolute atomic E-state index is 0.0599. The van der Waals surface area contributed by atoms with E-state index in [1.807, 2.05) is 33.9 Å². The highest BCUT2D eigenvalue weighted by atomic mass is 35.5. The molecular formula is C27H29Cl2F2N5O4Si. The van der Waals surface area contributed by atoms with Crippen LogP contribution in [0.3, 0.4) is 0 Å². The van der Waals surface area contributed by atoms with Crippen LogP contribution in [0.25, 0.3) is 11.3 Å². The van der Waals surface area contributed by atoms with Gasteiger partial charge in [0.05, 0.1) is 28.5 Å². The normalized spacial score (nSPS) is 15.7. The SMILES string of the molecule is CN1C(=O)[C@@H](NC(=O)c2ncc(Cl)c(-c3ccc(F)c(CO[Si](C)(C)C(C)(C)C)c3F)n2)COc2cc(Cl)cnc21. The number of hydrogen-bond acceptors (Lipinski definition) is 7. The largest absolute Gasteiger partial charge is 0.487 e. The van der Waals surface area contributed by atoms with Crippen LogP contribution in [0.4, 0.5) is 14.6 Å². The van der Waals surface area contributed by atoms with Crippen LogP contribution < -0.4 is 15.0 Å². The molecule has 1 aliphatic rings. The van der Waals surface area contributed by atoms with Crippen LogP contribution in [0.1, 0.15) is 37.0 Å². The number of carbonyl (C=O) groups is 2. The van der Waals surface area contributed by atoms with Crippen LogP contribution in [-0.2, 0) is 15.8 Å². The number of aromatic nitrogens is 3. The van der Waals surface area contributed by atoms with Gasteiger partial charge in [-0.2, -0.15) is 0 Å². The number of likely N-dealkylation sites (N-methyl/N-ethyl adjacent to an activating group) is 1. The molecule has 3 heterocycles. The highest BCUT2D eigenvalue weighted by Gasteiger charge is 2.38. The number of anilines is 1. The number of nitrogens with zero attached hydrogens (tertiary/aromatic N) is 4. The van der Waals surface area contributed by atoms with Crippen molar-refractivity contribution >= 4 is 49.2 Å². The summed E-state index contributed by atoms with van der Waals surface area (Å²) in [5.74, 6) is -2.90. The minimum Gasteiger partial charge on any atom is -0.487 e. The third-order valence-electron chi connectivity index (χ3n) is 7.23. The van der Waals surface area contributed by atoms with E-state index in [1.165, 1.54) is 30.3 Å². The van der Waals surface area contributed by atoms with Gasteiger partial charge in [-0.25, -0.2) is 23.7 Å². The molecule has 9 nitrogen and oxygen atoms in total. The van der Waals surface area contributed by atoms with E-state index < -0.39 is 37.8 Å². The smallest absolute Gasteiger partial charge is 0.289 e. The maximum atomic E-state index is 15.7. The fourth-order valence-electron chi connectivity index (χ4n) is 3.73. The minimum atomic E-state index is -2.31. The van der Waals surface area contributed by atoms with Gasteiger partial charge in [0.15, 0.2) is 19.9 Å². The van der Waals surface area contributed by atoms with Crippen molar-refractivity contribution in [3.05, 3.63) is 63.7 Å². The van der Waals surface area contributed by atoms with Gasteiger partial charge in [-0.1, -0.05) is 44.0 Å². The maximum absolute atomic E-state index is 15.7. The van der Waals surface area contributed by atoms with Crippen LogP contribution in [0, 0.1) is 11.6 Å². The van der Waals surface area contributed by atoms with E-state index in [4.69, 9.17) is 32.4 Å². The zero-order chi connectivity index (χ0) is 30.3. The van der Waals surface area contributed by atoms with Gasteiger partial charge in [-0.15, -0.1) is 0 Å². The Morgan fingerprint density at radius 1 is 1.22 bits per heavy atom. The van der Waals surface area contributed by atoms with E-state index in [1.54, 1.807) is 0 Å². The Morgan fingerprint density at radius 3 is 2.61 bits per heavy atom. The summed E-state index contributed by atoms with van der Waals surface area (Å²) < 4.78 is 42.1. The average molecular weight is 625 g/mol. The van der Waals surface area contributed by atoms with Crippen molar-refractivity contribution in [2.45, 2.75) is 51.6 Å². The Labute approximate surface area is 247 Å². The Hall–Kier alpha value is -3.19. The van der Waals surface area contributed by atoms with Crippen LogP contribution in [-0.4, -0.2) is 54.8 Å². The lowest BCUT2D eigenvalue weighted by molar-refractivity contribution is -0.120. The third kappa shape index (κ3) is 6.35. The highest BCUT2D eigenvalue weighted by Crippen LogP contribution is 2.38. The van der Waals surface area contributed by atoms with E-state index in [9.17, 15) is 14.0 Å². The topological polar surface area (TPSA) is 107 Å². The Kier molecular flexibility index (Phi) is 8.70. The average Bonchev–Trinajstić information content (AvgIpc) is 3.00. The Morgan fingerprint density at radius 2 is 1.93 bits per heavy atom. The second-order valence-corrected chi connectivity index (χ2v) is 16.7. The third-order valence-corrected chi connectivity index (χ3v) is 12.2. The molecule has 1 aromatic carbocycles. The van der Waals surface area contributed by atoms with Crippen LogP contribution in [0.2, 0.25) is 28.2 Å². The van der Waals surface area contributed by atoms with Crippen LogP contribution in [0.15, 0.2) is 30.6 Å². The fourth-order valence-corrected chi connectivity index (χ4v) is 5.01. The summed E-state index contributed by atoms with van der Waals surface area (Å²) in [4.78, 5) is 39.6. The number of amides is 2. The molecule has 0 saturated heterocycles. The number of rotatable bonds is 6. The van der Waals surface area contributed by atoms with Gasteiger partial charge in [0.25, 0.3) is 11.8 Å².